The number of piperidine rings is 2. The first-order chi connectivity index (χ1) is 13.2. The quantitative estimate of drug-likeness (QED) is 0.725. The molecule has 4 atom stereocenters. The van der Waals surface area contributed by atoms with Gasteiger partial charge in [0.2, 0.25) is 0 Å². The average molecular weight is 385 g/mol. The summed E-state index contributed by atoms with van der Waals surface area (Å²) in [6.07, 6.45) is 7.03. The van der Waals surface area contributed by atoms with Gasteiger partial charge in [-0.2, -0.15) is 0 Å². The van der Waals surface area contributed by atoms with E-state index in [2.05, 4.69) is 41.1 Å². The summed E-state index contributed by atoms with van der Waals surface area (Å²) in [4.78, 5) is 15.8. The first-order valence-electron chi connectivity index (χ1n) is 10.3. The lowest BCUT2D eigenvalue weighted by molar-refractivity contribution is -0.973. The van der Waals surface area contributed by atoms with Crippen LogP contribution in [0, 0.1) is 0 Å². The Labute approximate surface area is 166 Å². The van der Waals surface area contributed by atoms with Gasteiger partial charge in [0.25, 0.3) is 0 Å². The van der Waals surface area contributed by atoms with Gasteiger partial charge in [-0.05, 0) is 48.8 Å². The first kappa shape index (κ1) is 18.5. The third-order valence-electron chi connectivity index (χ3n) is 6.23. The SMILES string of the molecule is CCc1ccccc1NC(=O)NC1C[C@H]2CCC[C@@H](C1)[NH+]2Cc1cccs1. The van der Waals surface area contributed by atoms with Crippen LogP contribution in [-0.4, -0.2) is 24.2 Å². The summed E-state index contributed by atoms with van der Waals surface area (Å²) in [6, 6.07) is 14.1. The summed E-state index contributed by atoms with van der Waals surface area (Å²) in [5.41, 5.74) is 2.11. The van der Waals surface area contributed by atoms with Gasteiger partial charge in [-0.15, -0.1) is 11.3 Å². The molecule has 0 aliphatic carbocycles. The van der Waals surface area contributed by atoms with Crippen LogP contribution in [0.25, 0.3) is 0 Å². The molecule has 5 heteroatoms. The molecule has 2 saturated heterocycles. The Morgan fingerprint density at radius 2 is 1.93 bits per heavy atom. The number of hydrogen-bond donors (Lipinski definition) is 3. The van der Waals surface area contributed by atoms with Crippen molar-refractivity contribution >= 4 is 23.1 Å². The van der Waals surface area contributed by atoms with Crippen LogP contribution in [0.1, 0.15) is 49.5 Å². The molecule has 1 aromatic heterocycles. The number of aryl methyl sites for hydroxylation is 1. The maximum Gasteiger partial charge on any atom is 0.319 e. The Morgan fingerprint density at radius 1 is 1.15 bits per heavy atom. The molecule has 0 radical (unpaired) electrons. The van der Waals surface area contributed by atoms with Gasteiger partial charge >= 0.3 is 6.03 Å². The normalized spacial score (nSPS) is 27.1. The number of benzene rings is 1. The van der Waals surface area contributed by atoms with E-state index in [1.165, 1.54) is 29.7 Å². The van der Waals surface area contributed by atoms with E-state index in [0.29, 0.717) is 18.1 Å². The summed E-state index contributed by atoms with van der Waals surface area (Å²) in [5, 5.41) is 8.51. The summed E-state index contributed by atoms with van der Waals surface area (Å²) in [6.45, 7) is 3.27. The smallest absolute Gasteiger partial charge is 0.319 e. The number of para-hydroxylation sites is 1. The molecule has 2 unspecified atom stereocenters. The van der Waals surface area contributed by atoms with E-state index in [4.69, 9.17) is 0 Å². The van der Waals surface area contributed by atoms with Crippen molar-refractivity contribution in [3.05, 3.63) is 52.2 Å². The van der Waals surface area contributed by atoms with Crippen molar-refractivity contribution in [2.45, 2.75) is 70.1 Å². The predicted molar refractivity (Wildman–Crippen MR) is 111 cm³/mol. The summed E-state index contributed by atoms with van der Waals surface area (Å²) < 4.78 is 0. The van der Waals surface area contributed by atoms with Crippen molar-refractivity contribution in [2.24, 2.45) is 0 Å². The molecular formula is C22H30N3OS+. The lowest BCUT2D eigenvalue weighted by Gasteiger charge is -2.45. The Kier molecular flexibility index (Phi) is 5.79. The Balaban J connectivity index is 1.36. The zero-order chi connectivity index (χ0) is 18.6. The first-order valence-corrected chi connectivity index (χ1v) is 11.1. The summed E-state index contributed by atoms with van der Waals surface area (Å²) >= 11 is 1.87. The highest BCUT2D eigenvalue weighted by Crippen LogP contribution is 2.24. The maximum atomic E-state index is 12.6. The molecular weight excluding hydrogens is 354 g/mol. The monoisotopic (exact) mass is 384 g/mol. The third kappa shape index (κ3) is 4.36. The van der Waals surface area contributed by atoms with Gasteiger partial charge in [0.05, 0.1) is 17.0 Å². The molecule has 2 aliphatic rings. The van der Waals surface area contributed by atoms with Crippen LogP contribution in [0.2, 0.25) is 0 Å². The van der Waals surface area contributed by atoms with E-state index in [1.54, 1.807) is 4.90 Å². The van der Waals surface area contributed by atoms with Crippen molar-refractivity contribution in [3.8, 4) is 0 Å². The number of amides is 2. The molecule has 2 aromatic rings. The molecule has 0 spiro atoms. The van der Waals surface area contributed by atoms with Gasteiger partial charge in [-0.3, -0.25) is 0 Å². The second-order valence-electron chi connectivity index (χ2n) is 7.93. The van der Waals surface area contributed by atoms with E-state index in [0.717, 1.165) is 31.5 Å². The number of anilines is 1. The number of fused-ring (bicyclic) bond motifs is 2. The molecule has 2 bridgehead atoms. The molecule has 27 heavy (non-hydrogen) atoms. The fraction of sp³-hybridized carbons (Fsp3) is 0.500. The van der Waals surface area contributed by atoms with Crippen LogP contribution in [-0.2, 0) is 13.0 Å². The van der Waals surface area contributed by atoms with E-state index in [1.807, 2.05) is 29.5 Å². The van der Waals surface area contributed by atoms with Crippen molar-refractivity contribution in [2.75, 3.05) is 5.32 Å². The number of hydrogen-bond acceptors (Lipinski definition) is 2. The number of quaternary nitrogens is 1. The second kappa shape index (κ2) is 8.44. The van der Waals surface area contributed by atoms with E-state index in [-0.39, 0.29) is 6.03 Å². The summed E-state index contributed by atoms with van der Waals surface area (Å²) in [7, 11) is 0. The predicted octanol–water partition coefficient (Wildman–Crippen LogP) is 3.60. The zero-order valence-corrected chi connectivity index (χ0v) is 16.9. The van der Waals surface area contributed by atoms with Crippen molar-refractivity contribution in [3.63, 3.8) is 0 Å². The number of thiophene rings is 1. The largest absolute Gasteiger partial charge is 0.335 e. The topological polar surface area (TPSA) is 45.6 Å². The van der Waals surface area contributed by atoms with E-state index >= 15 is 0 Å². The molecule has 3 heterocycles. The number of urea groups is 1. The van der Waals surface area contributed by atoms with Crippen molar-refractivity contribution < 1.29 is 9.69 Å². The van der Waals surface area contributed by atoms with Gasteiger partial charge in [-0.25, -0.2) is 4.79 Å². The second-order valence-corrected chi connectivity index (χ2v) is 8.97. The zero-order valence-electron chi connectivity index (χ0n) is 16.0. The lowest BCUT2D eigenvalue weighted by Crippen LogP contribution is -3.20. The number of rotatable bonds is 5. The third-order valence-corrected chi connectivity index (χ3v) is 7.11. The number of nitrogens with one attached hydrogen (secondary N) is 3. The fourth-order valence-electron chi connectivity index (χ4n) is 4.95. The van der Waals surface area contributed by atoms with Gasteiger partial charge in [0.15, 0.2) is 0 Å². The van der Waals surface area contributed by atoms with Gasteiger partial charge in [0, 0.05) is 24.6 Å². The molecule has 4 nitrogen and oxygen atoms in total. The average Bonchev–Trinajstić information content (AvgIpc) is 3.16. The molecule has 3 N–H and O–H groups in total. The fourth-order valence-corrected chi connectivity index (χ4v) is 5.69. The Hall–Kier alpha value is -1.85. The van der Waals surface area contributed by atoms with Crippen LogP contribution in [0.5, 0.6) is 0 Å². The van der Waals surface area contributed by atoms with E-state index in [9.17, 15) is 4.79 Å². The molecule has 1 aromatic carbocycles. The molecule has 144 valence electrons. The van der Waals surface area contributed by atoms with Crippen molar-refractivity contribution in [1.82, 2.24) is 5.32 Å². The molecule has 4 rings (SSSR count). The maximum absolute atomic E-state index is 12.6. The van der Waals surface area contributed by atoms with Crippen LogP contribution in [0.3, 0.4) is 0 Å². The van der Waals surface area contributed by atoms with Crippen LogP contribution >= 0.6 is 11.3 Å². The molecule has 2 amide bonds. The van der Waals surface area contributed by atoms with E-state index < -0.39 is 0 Å². The minimum Gasteiger partial charge on any atom is -0.335 e. The highest BCUT2D eigenvalue weighted by atomic mass is 32.1. The van der Waals surface area contributed by atoms with Gasteiger partial charge in [0.1, 0.15) is 6.54 Å². The molecule has 0 saturated carbocycles. The Morgan fingerprint density at radius 3 is 2.63 bits per heavy atom. The minimum atomic E-state index is -0.0549. The highest BCUT2D eigenvalue weighted by Gasteiger charge is 2.42. The lowest BCUT2D eigenvalue weighted by atomic mass is 9.81. The van der Waals surface area contributed by atoms with Crippen molar-refractivity contribution in [1.29, 1.82) is 0 Å². The van der Waals surface area contributed by atoms with Crippen LogP contribution in [0.4, 0.5) is 10.5 Å². The number of carbonyl (C=O) groups excluding carboxylic acids is 1. The van der Waals surface area contributed by atoms with Crippen LogP contribution in [0.15, 0.2) is 41.8 Å². The minimum absolute atomic E-state index is 0.0549. The highest BCUT2D eigenvalue weighted by molar-refractivity contribution is 7.09. The Bertz CT molecular complexity index is 747. The summed E-state index contributed by atoms with van der Waals surface area (Å²) in [5.74, 6) is 0. The molecule has 2 fully saturated rings. The number of carbonyl (C=O) groups is 1. The van der Waals surface area contributed by atoms with Gasteiger partial charge in [-0.1, -0.05) is 31.2 Å². The van der Waals surface area contributed by atoms with Crippen LogP contribution < -0.4 is 15.5 Å². The standard InChI is InChI=1S/C22H29N3OS/c1-2-16-7-3-4-11-21(16)24-22(26)23-17-13-18-8-5-9-19(14-17)25(18)15-20-10-6-12-27-20/h3-4,6-7,10-12,17-19H,2,5,8-9,13-15H2,1H3,(H2,23,24,26)/p+1/t17?,18-,19+. The van der Waals surface area contributed by atoms with Gasteiger partial charge < -0.3 is 15.5 Å². The molecule has 2 aliphatic heterocycles.